The molecule has 78 valence electrons. The molecule has 0 aliphatic heterocycles. The van der Waals surface area contributed by atoms with Crippen molar-refractivity contribution in [2.24, 2.45) is 0 Å². The molecular weight excluding hydrogens is 172 g/mol. The largest absolute Gasteiger partial charge is 0.385 e. The summed E-state index contributed by atoms with van der Waals surface area (Å²) >= 11 is 0. The number of aliphatic hydroxyl groups excluding tert-OH is 1. The van der Waals surface area contributed by atoms with E-state index in [-0.39, 0.29) is 12.6 Å². The number of Topliss-reactive ketones (excluding diaryl/α,β-unsaturated/α-hetero) is 1. The molecule has 4 heteroatoms. The van der Waals surface area contributed by atoms with Gasteiger partial charge in [0.05, 0.1) is 0 Å². The maximum atomic E-state index is 10.9. The Morgan fingerprint density at radius 1 is 1.54 bits per heavy atom. The van der Waals surface area contributed by atoms with Crippen LogP contribution in [0.4, 0.5) is 0 Å². The Morgan fingerprint density at radius 2 is 2.23 bits per heavy atom. The minimum Gasteiger partial charge on any atom is -0.385 e. The number of aliphatic hydroxyl groups is 1. The van der Waals surface area contributed by atoms with Crippen molar-refractivity contribution in [3.8, 4) is 0 Å². The molecule has 0 bridgehead atoms. The highest BCUT2D eigenvalue weighted by Crippen LogP contribution is 2.00. The molecule has 0 saturated heterocycles. The van der Waals surface area contributed by atoms with E-state index in [9.17, 15) is 9.90 Å². The van der Waals surface area contributed by atoms with Crippen LogP contribution in [-0.4, -0.2) is 37.5 Å². The summed E-state index contributed by atoms with van der Waals surface area (Å²) in [7, 11) is 1.55. The molecule has 0 spiro atoms. The van der Waals surface area contributed by atoms with E-state index in [1.165, 1.54) is 0 Å². The van der Waals surface area contributed by atoms with Crippen LogP contribution in [0.25, 0.3) is 0 Å². The lowest BCUT2D eigenvalue weighted by Crippen LogP contribution is -2.19. The van der Waals surface area contributed by atoms with Gasteiger partial charge in [-0.2, -0.15) is 0 Å². The zero-order valence-electron chi connectivity index (χ0n) is 8.28. The highest BCUT2D eigenvalue weighted by molar-refractivity contribution is 5.82. The fourth-order valence-corrected chi connectivity index (χ4v) is 0.918. The average molecular weight is 190 g/mol. The number of carbonyl (C=O) groups is 1. The number of carbonyl (C=O) groups excluding carboxylic acids is 1. The van der Waals surface area contributed by atoms with Crippen LogP contribution in [0.5, 0.6) is 0 Å². The lowest BCUT2D eigenvalue weighted by atomic mass is 10.1. The van der Waals surface area contributed by atoms with Gasteiger partial charge in [0.25, 0.3) is 0 Å². The standard InChI is InChI=1S/C9H18O4/c1-3-8(10)9(11)5-4-6-13-7-12-2/h9,11H,3-7H2,1-2H3. The molecule has 0 saturated carbocycles. The Bertz CT molecular complexity index is 136. The van der Waals surface area contributed by atoms with Crippen LogP contribution in [-0.2, 0) is 14.3 Å². The molecule has 1 unspecified atom stereocenters. The highest BCUT2D eigenvalue weighted by Gasteiger charge is 2.11. The quantitative estimate of drug-likeness (QED) is 0.453. The minimum absolute atomic E-state index is 0.105. The second kappa shape index (κ2) is 8.16. The molecule has 0 heterocycles. The first kappa shape index (κ1) is 12.6. The monoisotopic (exact) mass is 190 g/mol. The summed E-state index contributed by atoms with van der Waals surface area (Å²) in [5, 5.41) is 9.24. The third kappa shape index (κ3) is 6.69. The predicted octanol–water partition coefficient (Wildman–Crippen LogP) is 0.727. The topological polar surface area (TPSA) is 55.8 Å². The second-order valence-corrected chi connectivity index (χ2v) is 2.79. The molecule has 1 N–H and O–H groups in total. The molecule has 4 nitrogen and oxygen atoms in total. The third-order valence-electron chi connectivity index (χ3n) is 1.69. The van der Waals surface area contributed by atoms with Crippen molar-refractivity contribution in [2.45, 2.75) is 32.3 Å². The lowest BCUT2D eigenvalue weighted by molar-refractivity contribution is -0.127. The Labute approximate surface area is 78.8 Å². The van der Waals surface area contributed by atoms with Gasteiger partial charge in [0.15, 0.2) is 5.78 Å². The SMILES string of the molecule is CCC(=O)C(O)CCCOCOC. The summed E-state index contributed by atoms with van der Waals surface area (Å²) in [6.07, 6.45) is 0.711. The molecule has 0 aliphatic carbocycles. The fraction of sp³-hybridized carbons (Fsp3) is 0.889. The summed E-state index contributed by atoms with van der Waals surface area (Å²) in [4.78, 5) is 10.9. The molecule has 0 amide bonds. The number of hydrogen-bond donors (Lipinski definition) is 1. The van der Waals surface area contributed by atoms with Gasteiger partial charge in [-0.3, -0.25) is 4.79 Å². The normalized spacial score (nSPS) is 12.8. The molecule has 0 aromatic rings. The average Bonchev–Trinajstić information content (AvgIpc) is 2.16. The van der Waals surface area contributed by atoms with Crippen LogP contribution in [0.15, 0.2) is 0 Å². The number of ether oxygens (including phenoxy) is 2. The van der Waals surface area contributed by atoms with E-state index in [1.54, 1.807) is 14.0 Å². The lowest BCUT2D eigenvalue weighted by Gasteiger charge is -2.07. The Kier molecular flexibility index (Phi) is 7.88. The molecule has 13 heavy (non-hydrogen) atoms. The van der Waals surface area contributed by atoms with E-state index in [2.05, 4.69) is 4.74 Å². The molecule has 0 rings (SSSR count). The van der Waals surface area contributed by atoms with E-state index < -0.39 is 6.10 Å². The van der Waals surface area contributed by atoms with Gasteiger partial charge in [0, 0.05) is 20.1 Å². The van der Waals surface area contributed by atoms with Crippen molar-refractivity contribution >= 4 is 5.78 Å². The van der Waals surface area contributed by atoms with Crippen molar-refractivity contribution in [1.82, 2.24) is 0 Å². The first-order valence-corrected chi connectivity index (χ1v) is 4.49. The fourth-order valence-electron chi connectivity index (χ4n) is 0.918. The number of rotatable bonds is 8. The predicted molar refractivity (Wildman–Crippen MR) is 48.4 cm³/mol. The van der Waals surface area contributed by atoms with Crippen molar-refractivity contribution in [3.05, 3.63) is 0 Å². The van der Waals surface area contributed by atoms with E-state index in [4.69, 9.17) is 4.74 Å². The Hall–Kier alpha value is -0.450. The highest BCUT2D eigenvalue weighted by atomic mass is 16.7. The van der Waals surface area contributed by atoms with E-state index in [1.807, 2.05) is 0 Å². The number of methoxy groups -OCH3 is 1. The summed E-state index contributed by atoms with van der Waals surface area (Å²) in [6, 6.07) is 0. The van der Waals surface area contributed by atoms with Crippen LogP contribution in [0.2, 0.25) is 0 Å². The van der Waals surface area contributed by atoms with Crippen molar-refractivity contribution in [1.29, 1.82) is 0 Å². The van der Waals surface area contributed by atoms with Crippen molar-refractivity contribution in [3.63, 3.8) is 0 Å². The zero-order chi connectivity index (χ0) is 10.1. The van der Waals surface area contributed by atoms with Gasteiger partial charge in [-0.1, -0.05) is 6.92 Å². The van der Waals surface area contributed by atoms with E-state index in [0.717, 1.165) is 0 Å². The zero-order valence-corrected chi connectivity index (χ0v) is 8.28. The Morgan fingerprint density at radius 3 is 2.77 bits per heavy atom. The summed E-state index contributed by atoms with van der Waals surface area (Å²) in [6.45, 7) is 2.52. The maximum Gasteiger partial charge on any atom is 0.160 e. The van der Waals surface area contributed by atoms with Gasteiger partial charge >= 0.3 is 0 Å². The van der Waals surface area contributed by atoms with Gasteiger partial charge in [-0.15, -0.1) is 0 Å². The van der Waals surface area contributed by atoms with Crippen molar-refractivity contribution in [2.75, 3.05) is 20.5 Å². The summed E-state index contributed by atoms with van der Waals surface area (Å²) in [5.41, 5.74) is 0. The number of ketones is 1. The number of hydrogen-bond acceptors (Lipinski definition) is 4. The van der Waals surface area contributed by atoms with Crippen LogP contribution in [0.1, 0.15) is 26.2 Å². The van der Waals surface area contributed by atoms with Crippen LogP contribution in [0.3, 0.4) is 0 Å². The molecule has 0 aromatic carbocycles. The smallest absolute Gasteiger partial charge is 0.160 e. The van der Waals surface area contributed by atoms with Crippen LogP contribution < -0.4 is 0 Å². The molecule has 1 atom stereocenters. The molecule has 0 radical (unpaired) electrons. The van der Waals surface area contributed by atoms with Gasteiger partial charge in [-0.25, -0.2) is 0 Å². The van der Waals surface area contributed by atoms with Crippen LogP contribution in [0, 0.1) is 0 Å². The van der Waals surface area contributed by atoms with E-state index >= 15 is 0 Å². The molecule has 0 aromatic heterocycles. The molecule has 0 aliphatic rings. The maximum absolute atomic E-state index is 10.9. The minimum atomic E-state index is -0.823. The van der Waals surface area contributed by atoms with Gasteiger partial charge < -0.3 is 14.6 Å². The van der Waals surface area contributed by atoms with Gasteiger partial charge in [-0.05, 0) is 12.8 Å². The van der Waals surface area contributed by atoms with Crippen LogP contribution >= 0.6 is 0 Å². The summed E-state index contributed by atoms with van der Waals surface area (Å²) < 4.78 is 9.67. The first-order valence-electron chi connectivity index (χ1n) is 4.49. The third-order valence-corrected chi connectivity index (χ3v) is 1.69. The van der Waals surface area contributed by atoms with E-state index in [0.29, 0.717) is 25.9 Å². The molecular formula is C9H18O4. The Balaban J connectivity index is 3.26. The molecule has 0 fully saturated rings. The second-order valence-electron chi connectivity index (χ2n) is 2.79. The summed E-state index contributed by atoms with van der Waals surface area (Å²) in [5.74, 6) is -0.105. The van der Waals surface area contributed by atoms with Crippen molar-refractivity contribution < 1.29 is 19.4 Å². The van der Waals surface area contributed by atoms with Gasteiger partial charge in [0.1, 0.15) is 12.9 Å². The van der Waals surface area contributed by atoms with Gasteiger partial charge in [0.2, 0.25) is 0 Å². The first-order chi connectivity index (χ1) is 6.22.